The van der Waals surface area contributed by atoms with E-state index in [1.165, 1.54) is 19.1 Å². The summed E-state index contributed by atoms with van der Waals surface area (Å²) >= 11 is 0. The molecule has 146 valence electrons. The highest BCUT2D eigenvalue weighted by Gasteiger charge is 2.19. The van der Waals surface area contributed by atoms with E-state index in [1.807, 2.05) is 31.2 Å². The van der Waals surface area contributed by atoms with Gasteiger partial charge >= 0.3 is 5.97 Å². The van der Waals surface area contributed by atoms with Crippen LogP contribution in [-0.4, -0.2) is 23.8 Å². The summed E-state index contributed by atoms with van der Waals surface area (Å²) in [4.78, 5) is 37.0. The average Bonchev–Trinajstić information content (AvgIpc) is 2.74. The maximum absolute atomic E-state index is 12.4. The first-order valence-corrected chi connectivity index (χ1v) is 9.22. The number of carbonyl (C=O) groups excluding carboxylic acids is 3. The Morgan fingerprint density at radius 3 is 2.07 bits per heavy atom. The first-order chi connectivity index (χ1) is 13.9. The number of ketones is 1. The van der Waals surface area contributed by atoms with Gasteiger partial charge in [-0.15, -0.1) is 0 Å². The summed E-state index contributed by atoms with van der Waals surface area (Å²) in [6, 6.07) is 22.4. The van der Waals surface area contributed by atoms with E-state index in [9.17, 15) is 14.4 Å². The first kappa shape index (κ1) is 20.0. The smallest absolute Gasteiger partial charge is 0.338 e. The zero-order valence-electron chi connectivity index (χ0n) is 16.2. The van der Waals surface area contributed by atoms with Crippen LogP contribution in [0.2, 0.25) is 0 Å². The molecule has 1 amide bonds. The average molecular weight is 387 g/mol. The number of aryl methyl sites for hydroxylation is 1. The van der Waals surface area contributed by atoms with Crippen molar-refractivity contribution in [1.29, 1.82) is 0 Å². The third-order valence-corrected chi connectivity index (χ3v) is 4.36. The molecule has 0 unspecified atom stereocenters. The highest BCUT2D eigenvalue weighted by molar-refractivity contribution is 6.09. The van der Waals surface area contributed by atoms with Crippen molar-refractivity contribution in [3.8, 4) is 0 Å². The van der Waals surface area contributed by atoms with Crippen LogP contribution in [0.5, 0.6) is 0 Å². The highest BCUT2D eigenvalue weighted by Crippen LogP contribution is 2.14. The predicted octanol–water partition coefficient (Wildman–Crippen LogP) is 4.41. The van der Waals surface area contributed by atoms with E-state index in [0.29, 0.717) is 16.8 Å². The zero-order valence-corrected chi connectivity index (χ0v) is 16.2. The molecule has 0 heterocycles. The van der Waals surface area contributed by atoms with Crippen LogP contribution < -0.4 is 5.32 Å². The van der Waals surface area contributed by atoms with Crippen molar-refractivity contribution in [2.45, 2.75) is 20.0 Å². The number of rotatable bonds is 6. The summed E-state index contributed by atoms with van der Waals surface area (Å²) in [6.45, 7) is 3.43. The molecule has 29 heavy (non-hydrogen) atoms. The topological polar surface area (TPSA) is 72.5 Å². The lowest BCUT2D eigenvalue weighted by Crippen LogP contribution is -2.30. The summed E-state index contributed by atoms with van der Waals surface area (Å²) in [5, 5.41) is 2.72. The number of carbonyl (C=O) groups is 3. The molecule has 1 N–H and O–H groups in total. The maximum atomic E-state index is 12.4. The van der Waals surface area contributed by atoms with Gasteiger partial charge in [0.2, 0.25) is 0 Å². The summed E-state index contributed by atoms with van der Waals surface area (Å²) in [5.74, 6) is -1.17. The van der Waals surface area contributed by atoms with Crippen molar-refractivity contribution in [3.63, 3.8) is 0 Å². The SMILES string of the molecule is Cc1cccc(NC(=O)[C@@H](C)OC(=O)c2ccc(C(=O)c3ccccc3)cc2)c1. The molecule has 5 nitrogen and oxygen atoms in total. The van der Waals surface area contributed by atoms with Gasteiger partial charge in [0, 0.05) is 16.8 Å². The lowest BCUT2D eigenvalue weighted by molar-refractivity contribution is -0.123. The predicted molar refractivity (Wildman–Crippen MR) is 111 cm³/mol. The van der Waals surface area contributed by atoms with E-state index in [2.05, 4.69) is 5.32 Å². The van der Waals surface area contributed by atoms with Crippen LogP contribution in [0.4, 0.5) is 5.69 Å². The van der Waals surface area contributed by atoms with Crippen LogP contribution in [-0.2, 0) is 9.53 Å². The minimum Gasteiger partial charge on any atom is -0.449 e. The van der Waals surface area contributed by atoms with Crippen LogP contribution >= 0.6 is 0 Å². The number of nitrogens with one attached hydrogen (secondary N) is 1. The summed E-state index contributed by atoms with van der Waals surface area (Å²) in [6.07, 6.45) is -0.964. The molecule has 0 saturated carbocycles. The molecule has 0 saturated heterocycles. The van der Waals surface area contributed by atoms with Gasteiger partial charge in [-0.3, -0.25) is 9.59 Å². The van der Waals surface area contributed by atoms with Crippen molar-refractivity contribution in [1.82, 2.24) is 0 Å². The number of hydrogen-bond donors (Lipinski definition) is 1. The number of hydrogen-bond acceptors (Lipinski definition) is 4. The monoisotopic (exact) mass is 387 g/mol. The minimum atomic E-state index is -0.964. The molecule has 3 aromatic carbocycles. The third kappa shape index (κ3) is 5.17. The quantitative estimate of drug-likeness (QED) is 0.502. The Balaban J connectivity index is 1.61. The van der Waals surface area contributed by atoms with Gasteiger partial charge in [-0.2, -0.15) is 0 Å². The molecule has 3 aromatic rings. The molecule has 0 radical (unpaired) electrons. The molecule has 0 spiro atoms. The van der Waals surface area contributed by atoms with Crippen LogP contribution in [0, 0.1) is 6.92 Å². The largest absolute Gasteiger partial charge is 0.449 e. The van der Waals surface area contributed by atoms with Crippen molar-refractivity contribution in [2.24, 2.45) is 0 Å². The van der Waals surface area contributed by atoms with E-state index in [-0.39, 0.29) is 11.3 Å². The lowest BCUT2D eigenvalue weighted by atomic mass is 10.0. The first-order valence-electron chi connectivity index (χ1n) is 9.22. The molecule has 0 aliphatic heterocycles. The molecule has 0 aliphatic rings. The summed E-state index contributed by atoms with van der Waals surface area (Å²) < 4.78 is 5.25. The fourth-order valence-corrected chi connectivity index (χ4v) is 2.76. The number of benzene rings is 3. The summed E-state index contributed by atoms with van der Waals surface area (Å²) in [7, 11) is 0. The Hall–Kier alpha value is -3.73. The molecule has 0 aliphatic carbocycles. The third-order valence-electron chi connectivity index (χ3n) is 4.36. The van der Waals surface area contributed by atoms with E-state index in [0.717, 1.165) is 5.56 Å². The van der Waals surface area contributed by atoms with Crippen molar-refractivity contribution in [2.75, 3.05) is 5.32 Å². The van der Waals surface area contributed by atoms with Gasteiger partial charge < -0.3 is 10.1 Å². The molecule has 5 heteroatoms. The summed E-state index contributed by atoms with van der Waals surface area (Å²) in [5.41, 5.74) is 2.96. The highest BCUT2D eigenvalue weighted by atomic mass is 16.5. The standard InChI is InChI=1S/C24H21NO4/c1-16-7-6-10-21(15-16)25-23(27)17(2)29-24(28)20-13-11-19(12-14-20)22(26)18-8-4-3-5-9-18/h3-15,17H,1-2H3,(H,25,27)/t17-/m1/s1. The number of ether oxygens (including phenoxy) is 1. The van der Waals surface area contributed by atoms with Gasteiger partial charge in [0.05, 0.1) is 5.56 Å². The van der Waals surface area contributed by atoms with Crippen molar-refractivity contribution in [3.05, 3.63) is 101 Å². The van der Waals surface area contributed by atoms with Crippen LogP contribution in [0.3, 0.4) is 0 Å². The minimum absolute atomic E-state index is 0.128. The van der Waals surface area contributed by atoms with Gasteiger partial charge in [0.25, 0.3) is 5.91 Å². The van der Waals surface area contributed by atoms with Crippen molar-refractivity contribution >= 4 is 23.3 Å². The molecular formula is C24H21NO4. The fourth-order valence-electron chi connectivity index (χ4n) is 2.76. The Morgan fingerprint density at radius 2 is 1.41 bits per heavy atom. The van der Waals surface area contributed by atoms with Gasteiger partial charge in [0.1, 0.15) is 0 Å². The van der Waals surface area contributed by atoms with Gasteiger partial charge in [-0.1, -0.05) is 54.6 Å². The Kier molecular flexibility index (Phi) is 6.19. The van der Waals surface area contributed by atoms with Gasteiger partial charge in [0.15, 0.2) is 11.9 Å². The van der Waals surface area contributed by atoms with Crippen LogP contribution in [0.15, 0.2) is 78.9 Å². The van der Waals surface area contributed by atoms with Crippen molar-refractivity contribution < 1.29 is 19.1 Å². The second kappa shape index (κ2) is 8.97. The second-order valence-electron chi connectivity index (χ2n) is 6.68. The number of anilines is 1. The van der Waals surface area contributed by atoms with Crippen LogP contribution in [0.1, 0.15) is 38.8 Å². The van der Waals surface area contributed by atoms with Gasteiger partial charge in [-0.25, -0.2) is 4.79 Å². The van der Waals surface area contributed by atoms with E-state index < -0.39 is 18.0 Å². The Labute approximate surface area is 169 Å². The fraction of sp³-hybridized carbons (Fsp3) is 0.125. The molecule has 1 atom stereocenters. The normalized spacial score (nSPS) is 11.4. The maximum Gasteiger partial charge on any atom is 0.338 e. The molecule has 0 fully saturated rings. The van der Waals surface area contributed by atoms with E-state index >= 15 is 0 Å². The Bertz CT molecular complexity index is 1030. The van der Waals surface area contributed by atoms with Crippen LogP contribution in [0.25, 0.3) is 0 Å². The molecule has 3 rings (SSSR count). The molecule has 0 bridgehead atoms. The zero-order chi connectivity index (χ0) is 20.8. The Morgan fingerprint density at radius 1 is 0.793 bits per heavy atom. The number of esters is 1. The molecule has 0 aromatic heterocycles. The second-order valence-corrected chi connectivity index (χ2v) is 6.68. The molecular weight excluding hydrogens is 366 g/mol. The van der Waals surface area contributed by atoms with E-state index in [4.69, 9.17) is 4.74 Å². The van der Waals surface area contributed by atoms with E-state index in [1.54, 1.807) is 42.5 Å². The van der Waals surface area contributed by atoms with Gasteiger partial charge in [-0.05, 0) is 43.7 Å². The lowest BCUT2D eigenvalue weighted by Gasteiger charge is -2.14. The number of amides is 1.